The maximum Gasteiger partial charge on any atom is 0.272 e. The number of anilines is 1. The summed E-state index contributed by atoms with van der Waals surface area (Å²) in [4.78, 5) is 10.5. The van der Waals surface area contributed by atoms with E-state index in [0.29, 0.717) is 13.0 Å². The molecule has 0 atom stereocenters. The lowest BCUT2D eigenvalue weighted by molar-refractivity contribution is -0.385. The number of para-hydroxylation sites is 1. The van der Waals surface area contributed by atoms with Crippen molar-refractivity contribution >= 4 is 22.7 Å². The predicted molar refractivity (Wildman–Crippen MR) is 69.6 cm³/mol. The summed E-state index contributed by atoms with van der Waals surface area (Å²) in [5.74, 6) is 0. The number of nitro benzene ring substituents is 1. The van der Waals surface area contributed by atoms with E-state index in [1.54, 1.807) is 29.5 Å². The molecule has 0 unspecified atom stereocenters. The molecule has 88 valence electrons. The molecule has 5 heteroatoms. The number of hydrogen-bond donors (Lipinski definition) is 1. The molecule has 1 heterocycles. The molecular weight excluding hydrogens is 236 g/mol. The highest BCUT2D eigenvalue weighted by Gasteiger charge is 2.11. The van der Waals surface area contributed by atoms with Gasteiger partial charge in [0, 0.05) is 29.2 Å². The Balaban J connectivity index is 1.97. The highest BCUT2D eigenvalue weighted by Crippen LogP contribution is 2.18. The van der Waals surface area contributed by atoms with Gasteiger partial charge in [-0.25, -0.2) is 0 Å². The van der Waals surface area contributed by atoms with E-state index in [9.17, 15) is 10.1 Å². The first kappa shape index (κ1) is 11.6. The molecule has 1 aromatic heterocycles. The normalized spacial score (nSPS) is 10.1. The zero-order valence-corrected chi connectivity index (χ0v) is 9.94. The van der Waals surface area contributed by atoms with Crippen molar-refractivity contribution in [1.29, 1.82) is 0 Å². The molecule has 1 aromatic carbocycles. The van der Waals surface area contributed by atoms with Gasteiger partial charge in [0.05, 0.1) is 4.92 Å². The highest BCUT2D eigenvalue weighted by molar-refractivity contribution is 7.08. The molecule has 0 saturated heterocycles. The summed E-state index contributed by atoms with van der Waals surface area (Å²) in [6.07, 6.45) is 0.646. The number of nitrogens with zero attached hydrogens (tertiary/aromatic N) is 1. The molecule has 0 aliphatic carbocycles. The minimum atomic E-state index is -0.333. The summed E-state index contributed by atoms with van der Waals surface area (Å²) in [6.45, 7) is 0.696. The second-order valence-electron chi connectivity index (χ2n) is 3.57. The van der Waals surface area contributed by atoms with Crippen LogP contribution < -0.4 is 5.32 Å². The Morgan fingerprint density at radius 1 is 1.29 bits per heavy atom. The standard InChI is InChI=1S/C12H12N2O2S/c15-14(16)12-4-2-1-3-10(12)5-7-13-11-6-8-17-9-11/h1-4,6,8-9,13H,5,7H2. The summed E-state index contributed by atoms with van der Waals surface area (Å²) >= 11 is 1.62. The quantitative estimate of drug-likeness (QED) is 0.652. The lowest BCUT2D eigenvalue weighted by Gasteiger charge is -2.04. The Labute approximate surface area is 103 Å². The second-order valence-corrected chi connectivity index (χ2v) is 4.35. The van der Waals surface area contributed by atoms with E-state index < -0.39 is 0 Å². The van der Waals surface area contributed by atoms with Gasteiger partial charge in [0.1, 0.15) is 0 Å². The third-order valence-electron chi connectivity index (χ3n) is 2.43. The van der Waals surface area contributed by atoms with Gasteiger partial charge in [-0.1, -0.05) is 18.2 Å². The van der Waals surface area contributed by atoms with Crippen LogP contribution in [0, 0.1) is 10.1 Å². The van der Waals surface area contributed by atoms with Crippen LogP contribution in [0.2, 0.25) is 0 Å². The first-order chi connectivity index (χ1) is 8.27. The molecule has 0 aliphatic rings. The monoisotopic (exact) mass is 248 g/mol. The Bertz CT molecular complexity index is 497. The van der Waals surface area contributed by atoms with Gasteiger partial charge in [0.15, 0.2) is 0 Å². The molecule has 0 radical (unpaired) electrons. The fourth-order valence-electron chi connectivity index (χ4n) is 1.61. The van der Waals surface area contributed by atoms with Crippen LogP contribution in [0.5, 0.6) is 0 Å². The van der Waals surface area contributed by atoms with Crippen molar-refractivity contribution in [3.05, 3.63) is 56.8 Å². The summed E-state index contributed by atoms with van der Waals surface area (Å²) < 4.78 is 0. The van der Waals surface area contributed by atoms with E-state index in [-0.39, 0.29) is 10.6 Å². The number of nitro groups is 1. The molecular formula is C12H12N2O2S. The van der Waals surface area contributed by atoms with Crippen LogP contribution in [-0.2, 0) is 6.42 Å². The largest absolute Gasteiger partial charge is 0.384 e. The molecule has 2 aromatic rings. The fourth-order valence-corrected chi connectivity index (χ4v) is 2.22. The summed E-state index contributed by atoms with van der Waals surface area (Å²) in [6, 6.07) is 8.85. The Hall–Kier alpha value is -1.88. The zero-order valence-electron chi connectivity index (χ0n) is 9.13. The van der Waals surface area contributed by atoms with Crippen molar-refractivity contribution < 1.29 is 4.92 Å². The zero-order chi connectivity index (χ0) is 12.1. The molecule has 0 saturated carbocycles. The maximum atomic E-state index is 10.8. The van der Waals surface area contributed by atoms with Gasteiger partial charge in [0.2, 0.25) is 0 Å². The number of rotatable bonds is 5. The average Bonchev–Trinajstić information content (AvgIpc) is 2.82. The van der Waals surface area contributed by atoms with Crippen LogP contribution in [0.25, 0.3) is 0 Å². The van der Waals surface area contributed by atoms with E-state index in [1.807, 2.05) is 22.9 Å². The van der Waals surface area contributed by atoms with Crippen LogP contribution in [0.1, 0.15) is 5.56 Å². The van der Waals surface area contributed by atoms with Crippen LogP contribution >= 0.6 is 11.3 Å². The first-order valence-corrected chi connectivity index (χ1v) is 6.20. The number of thiophene rings is 1. The van der Waals surface area contributed by atoms with Crippen molar-refractivity contribution in [1.82, 2.24) is 0 Å². The summed E-state index contributed by atoms with van der Waals surface area (Å²) in [5, 5.41) is 18.0. The Morgan fingerprint density at radius 2 is 2.12 bits per heavy atom. The van der Waals surface area contributed by atoms with Crippen LogP contribution in [0.15, 0.2) is 41.1 Å². The summed E-state index contributed by atoms with van der Waals surface area (Å²) in [7, 11) is 0. The average molecular weight is 248 g/mol. The SMILES string of the molecule is O=[N+]([O-])c1ccccc1CCNc1ccsc1. The minimum absolute atomic E-state index is 0.194. The van der Waals surface area contributed by atoms with Crippen molar-refractivity contribution in [2.75, 3.05) is 11.9 Å². The highest BCUT2D eigenvalue weighted by atomic mass is 32.1. The van der Waals surface area contributed by atoms with Crippen LogP contribution in [0.3, 0.4) is 0 Å². The Kier molecular flexibility index (Phi) is 3.72. The maximum absolute atomic E-state index is 10.8. The van der Waals surface area contributed by atoms with Crippen molar-refractivity contribution in [2.24, 2.45) is 0 Å². The van der Waals surface area contributed by atoms with Crippen LogP contribution in [-0.4, -0.2) is 11.5 Å². The minimum Gasteiger partial charge on any atom is -0.384 e. The molecule has 0 amide bonds. The predicted octanol–water partition coefficient (Wildman–Crippen LogP) is 3.31. The topological polar surface area (TPSA) is 55.2 Å². The Morgan fingerprint density at radius 3 is 2.82 bits per heavy atom. The van der Waals surface area contributed by atoms with Crippen molar-refractivity contribution in [3.8, 4) is 0 Å². The molecule has 0 spiro atoms. The van der Waals surface area contributed by atoms with E-state index >= 15 is 0 Å². The molecule has 1 N–H and O–H groups in total. The van der Waals surface area contributed by atoms with Gasteiger partial charge in [0.25, 0.3) is 5.69 Å². The number of benzene rings is 1. The van der Waals surface area contributed by atoms with Crippen LogP contribution in [0.4, 0.5) is 11.4 Å². The fraction of sp³-hybridized carbons (Fsp3) is 0.167. The lowest BCUT2D eigenvalue weighted by Crippen LogP contribution is -2.05. The molecule has 0 aliphatic heterocycles. The van der Waals surface area contributed by atoms with Gasteiger partial charge >= 0.3 is 0 Å². The third kappa shape index (κ3) is 3.04. The first-order valence-electron chi connectivity index (χ1n) is 5.26. The van der Waals surface area contributed by atoms with Gasteiger partial charge in [-0.05, 0) is 17.9 Å². The molecule has 17 heavy (non-hydrogen) atoms. The number of hydrogen-bond acceptors (Lipinski definition) is 4. The van der Waals surface area contributed by atoms with E-state index in [1.165, 1.54) is 0 Å². The summed E-state index contributed by atoms with van der Waals surface area (Å²) in [5.41, 5.74) is 2.02. The van der Waals surface area contributed by atoms with E-state index in [0.717, 1.165) is 11.3 Å². The van der Waals surface area contributed by atoms with Gasteiger partial charge in [-0.15, -0.1) is 0 Å². The van der Waals surface area contributed by atoms with Crippen molar-refractivity contribution in [3.63, 3.8) is 0 Å². The molecule has 0 fully saturated rings. The molecule has 0 bridgehead atoms. The van der Waals surface area contributed by atoms with Gasteiger partial charge in [-0.2, -0.15) is 11.3 Å². The second kappa shape index (κ2) is 5.45. The third-order valence-corrected chi connectivity index (χ3v) is 3.12. The number of nitrogens with one attached hydrogen (secondary N) is 1. The van der Waals surface area contributed by atoms with Gasteiger partial charge < -0.3 is 5.32 Å². The van der Waals surface area contributed by atoms with Gasteiger partial charge in [-0.3, -0.25) is 10.1 Å². The smallest absolute Gasteiger partial charge is 0.272 e. The van der Waals surface area contributed by atoms with E-state index in [4.69, 9.17) is 0 Å². The van der Waals surface area contributed by atoms with Crippen molar-refractivity contribution in [2.45, 2.75) is 6.42 Å². The van der Waals surface area contributed by atoms with E-state index in [2.05, 4.69) is 5.32 Å². The molecule has 4 nitrogen and oxygen atoms in total. The lowest BCUT2D eigenvalue weighted by atomic mass is 10.1. The molecule has 2 rings (SSSR count).